The van der Waals surface area contributed by atoms with Crippen molar-refractivity contribution in [3.8, 4) is 0 Å². The first kappa shape index (κ1) is 13.0. The van der Waals surface area contributed by atoms with E-state index in [9.17, 15) is 0 Å². The Kier molecular flexibility index (Phi) is 5.86. The van der Waals surface area contributed by atoms with Crippen LogP contribution in [0.25, 0.3) is 0 Å². The Morgan fingerprint density at radius 1 is 1.44 bits per heavy atom. The highest BCUT2D eigenvalue weighted by molar-refractivity contribution is 5.33. The predicted molar refractivity (Wildman–Crippen MR) is 67.5 cm³/mol. The molecule has 16 heavy (non-hydrogen) atoms. The van der Waals surface area contributed by atoms with E-state index in [2.05, 4.69) is 24.1 Å². The number of hydrogen-bond donors (Lipinski definition) is 1. The van der Waals surface area contributed by atoms with E-state index in [1.54, 1.807) is 0 Å². The van der Waals surface area contributed by atoms with Crippen molar-refractivity contribution >= 4 is 5.82 Å². The SMILES string of the molecule is CCCC(C)COCc1cccc(NC)n1. The molecule has 0 saturated heterocycles. The molecular weight excluding hydrogens is 200 g/mol. The summed E-state index contributed by atoms with van der Waals surface area (Å²) in [5, 5.41) is 3.02. The van der Waals surface area contributed by atoms with E-state index < -0.39 is 0 Å². The molecule has 1 unspecified atom stereocenters. The smallest absolute Gasteiger partial charge is 0.126 e. The van der Waals surface area contributed by atoms with E-state index in [-0.39, 0.29) is 0 Å². The Balaban J connectivity index is 2.31. The van der Waals surface area contributed by atoms with Gasteiger partial charge in [0.25, 0.3) is 0 Å². The maximum Gasteiger partial charge on any atom is 0.126 e. The normalized spacial score (nSPS) is 12.4. The van der Waals surface area contributed by atoms with Crippen molar-refractivity contribution in [2.45, 2.75) is 33.3 Å². The van der Waals surface area contributed by atoms with Crippen LogP contribution in [-0.2, 0) is 11.3 Å². The van der Waals surface area contributed by atoms with Gasteiger partial charge in [0.2, 0.25) is 0 Å². The van der Waals surface area contributed by atoms with Gasteiger partial charge in [-0.05, 0) is 24.5 Å². The molecule has 0 fully saturated rings. The molecule has 90 valence electrons. The van der Waals surface area contributed by atoms with Gasteiger partial charge in [-0.25, -0.2) is 4.98 Å². The molecule has 1 aromatic rings. The molecule has 0 radical (unpaired) electrons. The first-order valence-corrected chi connectivity index (χ1v) is 5.97. The zero-order chi connectivity index (χ0) is 11.8. The van der Waals surface area contributed by atoms with Crippen molar-refractivity contribution in [2.75, 3.05) is 19.0 Å². The largest absolute Gasteiger partial charge is 0.375 e. The lowest BCUT2D eigenvalue weighted by Crippen LogP contribution is -2.06. The summed E-state index contributed by atoms with van der Waals surface area (Å²) in [7, 11) is 1.87. The third-order valence-corrected chi connectivity index (χ3v) is 2.50. The molecule has 1 rings (SSSR count). The fourth-order valence-corrected chi connectivity index (χ4v) is 1.64. The van der Waals surface area contributed by atoms with Gasteiger partial charge in [-0.1, -0.05) is 26.3 Å². The number of nitrogens with one attached hydrogen (secondary N) is 1. The molecule has 0 amide bonds. The lowest BCUT2D eigenvalue weighted by Gasteiger charge is -2.10. The summed E-state index contributed by atoms with van der Waals surface area (Å²) in [5.41, 5.74) is 0.982. The Morgan fingerprint density at radius 3 is 2.94 bits per heavy atom. The van der Waals surface area contributed by atoms with Crippen LogP contribution in [0, 0.1) is 5.92 Å². The van der Waals surface area contributed by atoms with E-state index in [0.29, 0.717) is 12.5 Å². The average Bonchev–Trinajstić information content (AvgIpc) is 2.30. The van der Waals surface area contributed by atoms with E-state index in [1.807, 2.05) is 25.2 Å². The van der Waals surface area contributed by atoms with Gasteiger partial charge < -0.3 is 10.1 Å². The van der Waals surface area contributed by atoms with Crippen LogP contribution in [0.1, 0.15) is 32.4 Å². The maximum absolute atomic E-state index is 5.64. The van der Waals surface area contributed by atoms with Gasteiger partial charge in [0.15, 0.2) is 0 Å². The van der Waals surface area contributed by atoms with E-state index in [4.69, 9.17) is 4.74 Å². The molecule has 1 atom stereocenters. The van der Waals surface area contributed by atoms with Gasteiger partial charge in [-0.2, -0.15) is 0 Å². The molecule has 0 aliphatic heterocycles. The molecule has 0 aliphatic rings. The number of rotatable bonds is 7. The summed E-state index contributed by atoms with van der Waals surface area (Å²) in [5.74, 6) is 1.53. The van der Waals surface area contributed by atoms with E-state index >= 15 is 0 Å². The molecule has 3 nitrogen and oxygen atoms in total. The second kappa shape index (κ2) is 7.23. The van der Waals surface area contributed by atoms with Gasteiger partial charge in [-0.15, -0.1) is 0 Å². The Hall–Kier alpha value is -1.09. The zero-order valence-corrected chi connectivity index (χ0v) is 10.5. The fourth-order valence-electron chi connectivity index (χ4n) is 1.64. The molecule has 1 aromatic heterocycles. The molecular formula is C13H22N2O. The number of hydrogen-bond acceptors (Lipinski definition) is 3. The van der Waals surface area contributed by atoms with Crippen molar-refractivity contribution in [2.24, 2.45) is 5.92 Å². The second-order valence-electron chi connectivity index (χ2n) is 4.17. The summed E-state index contributed by atoms with van der Waals surface area (Å²) in [6, 6.07) is 5.93. The zero-order valence-electron chi connectivity index (χ0n) is 10.5. The summed E-state index contributed by atoms with van der Waals surface area (Å²) in [6.07, 6.45) is 2.45. The summed E-state index contributed by atoms with van der Waals surface area (Å²) >= 11 is 0. The maximum atomic E-state index is 5.64. The molecule has 0 spiro atoms. The number of nitrogens with zero attached hydrogens (tertiary/aromatic N) is 1. The van der Waals surface area contributed by atoms with Crippen LogP contribution in [-0.4, -0.2) is 18.6 Å². The Bertz CT molecular complexity index is 302. The molecule has 0 bridgehead atoms. The number of aromatic nitrogens is 1. The lowest BCUT2D eigenvalue weighted by atomic mass is 10.1. The quantitative estimate of drug-likeness (QED) is 0.770. The standard InChI is InChI=1S/C13H22N2O/c1-4-6-11(2)9-16-10-12-7-5-8-13(14-3)15-12/h5,7-8,11H,4,6,9-10H2,1-3H3,(H,14,15). The molecule has 1 N–H and O–H groups in total. The minimum absolute atomic E-state index is 0.601. The van der Waals surface area contributed by atoms with E-state index in [0.717, 1.165) is 18.1 Å². The van der Waals surface area contributed by atoms with Crippen molar-refractivity contribution in [3.05, 3.63) is 23.9 Å². The Morgan fingerprint density at radius 2 is 2.25 bits per heavy atom. The van der Waals surface area contributed by atoms with Gasteiger partial charge >= 0.3 is 0 Å². The third kappa shape index (κ3) is 4.62. The average molecular weight is 222 g/mol. The van der Waals surface area contributed by atoms with Crippen LogP contribution in [0.15, 0.2) is 18.2 Å². The minimum Gasteiger partial charge on any atom is -0.375 e. The van der Waals surface area contributed by atoms with Crippen LogP contribution in [0.5, 0.6) is 0 Å². The first-order chi connectivity index (χ1) is 7.76. The van der Waals surface area contributed by atoms with Gasteiger partial charge in [0.1, 0.15) is 5.82 Å². The van der Waals surface area contributed by atoms with Crippen molar-refractivity contribution in [3.63, 3.8) is 0 Å². The number of pyridine rings is 1. The summed E-state index contributed by atoms with van der Waals surface area (Å²) in [6.45, 7) is 5.85. The molecule has 1 heterocycles. The minimum atomic E-state index is 0.601. The van der Waals surface area contributed by atoms with Gasteiger partial charge in [-0.3, -0.25) is 0 Å². The van der Waals surface area contributed by atoms with Crippen molar-refractivity contribution < 1.29 is 4.74 Å². The Labute approximate surface area is 98.2 Å². The molecule has 0 saturated carbocycles. The predicted octanol–water partition coefficient (Wildman–Crippen LogP) is 3.08. The highest BCUT2D eigenvalue weighted by Crippen LogP contribution is 2.08. The van der Waals surface area contributed by atoms with Crippen LogP contribution in [0.3, 0.4) is 0 Å². The van der Waals surface area contributed by atoms with Gasteiger partial charge in [0.05, 0.1) is 12.3 Å². The van der Waals surface area contributed by atoms with Crippen molar-refractivity contribution in [1.82, 2.24) is 4.98 Å². The van der Waals surface area contributed by atoms with Crippen LogP contribution >= 0.6 is 0 Å². The first-order valence-electron chi connectivity index (χ1n) is 5.97. The molecule has 3 heteroatoms. The third-order valence-electron chi connectivity index (χ3n) is 2.50. The summed E-state index contributed by atoms with van der Waals surface area (Å²) in [4.78, 5) is 4.40. The fraction of sp³-hybridized carbons (Fsp3) is 0.615. The molecule has 0 aliphatic carbocycles. The second-order valence-corrected chi connectivity index (χ2v) is 4.17. The summed E-state index contributed by atoms with van der Waals surface area (Å²) < 4.78 is 5.64. The van der Waals surface area contributed by atoms with Crippen LogP contribution in [0.2, 0.25) is 0 Å². The van der Waals surface area contributed by atoms with Crippen LogP contribution < -0.4 is 5.32 Å². The number of ether oxygens (including phenoxy) is 1. The monoisotopic (exact) mass is 222 g/mol. The number of anilines is 1. The lowest BCUT2D eigenvalue weighted by molar-refractivity contribution is 0.0873. The highest BCUT2D eigenvalue weighted by atomic mass is 16.5. The van der Waals surface area contributed by atoms with Gasteiger partial charge in [0, 0.05) is 13.7 Å². The van der Waals surface area contributed by atoms with Crippen molar-refractivity contribution in [1.29, 1.82) is 0 Å². The van der Waals surface area contributed by atoms with Crippen LogP contribution in [0.4, 0.5) is 5.82 Å². The van der Waals surface area contributed by atoms with E-state index in [1.165, 1.54) is 12.8 Å². The topological polar surface area (TPSA) is 34.1 Å². The highest BCUT2D eigenvalue weighted by Gasteiger charge is 2.02. The molecule has 0 aromatic carbocycles.